The maximum atomic E-state index is 6.23. The molecule has 0 spiro atoms. The summed E-state index contributed by atoms with van der Waals surface area (Å²) in [5.41, 5.74) is 3.04. The Bertz CT molecular complexity index is 1120. The highest BCUT2D eigenvalue weighted by molar-refractivity contribution is 6.30. The Morgan fingerprint density at radius 2 is 2.12 bits per heavy atom. The molecule has 0 saturated carbocycles. The smallest absolute Gasteiger partial charge is 0.223 e. The second kappa shape index (κ2) is 9.62. The molecule has 1 saturated heterocycles. The van der Waals surface area contributed by atoms with E-state index in [0.717, 1.165) is 42.3 Å². The van der Waals surface area contributed by atoms with Crippen LogP contribution in [-0.2, 0) is 13.1 Å². The molecule has 2 aromatic heterocycles. The van der Waals surface area contributed by atoms with E-state index in [4.69, 9.17) is 16.1 Å². The monoisotopic (exact) mass is 454 g/mol. The number of nitrogens with zero attached hydrogens (tertiary/aromatic N) is 8. The number of allylic oxidation sites excluding steroid dienone is 1. The molecule has 0 N–H and O–H groups in total. The number of hydrogen-bond donors (Lipinski definition) is 0. The van der Waals surface area contributed by atoms with E-state index in [9.17, 15) is 0 Å². The maximum absolute atomic E-state index is 6.23. The third-order valence-electron chi connectivity index (χ3n) is 5.44. The standard InChI is InChI=1S/C22H27ClN8O/c1-15(30-10-9-29(12-16(30)2)14-22-24-18(4)32-27-22)5-6-19-7-8-21(23)11-20(19)13-31-26-17(3)25-28-31/h5-8,11,16H,1,9-10,12-14H2,2-4H3/b6-5+/t16-/m1/s1. The van der Waals surface area contributed by atoms with Crippen LogP contribution in [0.1, 0.15) is 35.6 Å². The largest absolute Gasteiger partial charge is 0.367 e. The van der Waals surface area contributed by atoms with Gasteiger partial charge in [-0.3, -0.25) is 4.90 Å². The minimum atomic E-state index is 0.320. The third kappa shape index (κ3) is 5.41. The Labute approximate surface area is 192 Å². The lowest BCUT2D eigenvalue weighted by Crippen LogP contribution is -2.50. The Morgan fingerprint density at radius 3 is 2.81 bits per heavy atom. The SMILES string of the molecule is C=C(/C=C/c1ccc(Cl)cc1Cn1nnc(C)n1)N1CCN(Cc2noc(C)n2)C[C@H]1C. The van der Waals surface area contributed by atoms with Gasteiger partial charge in [-0.25, -0.2) is 0 Å². The Morgan fingerprint density at radius 1 is 1.28 bits per heavy atom. The molecule has 3 aromatic rings. The lowest BCUT2D eigenvalue weighted by Gasteiger charge is -2.41. The van der Waals surface area contributed by atoms with Crippen molar-refractivity contribution in [1.29, 1.82) is 0 Å². The fourth-order valence-electron chi connectivity index (χ4n) is 3.91. The lowest BCUT2D eigenvalue weighted by atomic mass is 10.1. The second-order valence-electron chi connectivity index (χ2n) is 8.04. The summed E-state index contributed by atoms with van der Waals surface area (Å²) < 4.78 is 5.08. The van der Waals surface area contributed by atoms with Gasteiger partial charge in [0.15, 0.2) is 11.6 Å². The highest BCUT2D eigenvalue weighted by Gasteiger charge is 2.24. The van der Waals surface area contributed by atoms with Crippen molar-refractivity contribution >= 4 is 17.7 Å². The zero-order valence-electron chi connectivity index (χ0n) is 18.6. The summed E-state index contributed by atoms with van der Waals surface area (Å²) in [5, 5.41) is 17.0. The van der Waals surface area contributed by atoms with Crippen LogP contribution in [0.2, 0.25) is 5.02 Å². The molecule has 0 amide bonds. The Balaban J connectivity index is 1.40. The first-order chi connectivity index (χ1) is 15.4. The number of piperazine rings is 1. The minimum Gasteiger partial charge on any atom is -0.367 e. The van der Waals surface area contributed by atoms with Gasteiger partial charge in [-0.1, -0.05) is 35.5 Å². The molecule has 4 rings (SSSR count). The zero-order chi connectivity index (χ0) is 22.7. The average molecular weight is 455 g/mol. The fraction of sp³-hybridized carbons (Fsp3) is 0.409. The summed E-state index contributed by atoms with van der Waals surface area (Å²) in [6, 6.07) is 6.14. The molecular weight excluding hydrogens is 428 g/mol. The lowest BCUT2D eigenvalue weighted by molar-refractivity contribution is 0.106. The van der Waals surface area contributed by atoms with E-state index in [1.54, 1.807) is 4.80 Å². The molecule has 168 valence electrons. The van der Waals surface area contributed by atoms with E-state index in [1.807, 2.05) is 32.0 Å². The molecular formula is C22H27ClN8O. The minimum absolute atomic E-state index is 0.320. The fourth-order valence-corrected chi connectivity index (χ4v) is 4.10. The maximum Gasteiger partial charge on any atom is 0.223 e. The van der Waals surface area contributed by atoms with E-state index in [2.05, 4.69) is 61.0 Å². The van der Waals surface area contributed by atoms with E-state index < -0.39 is 0 Å². The van der Waals surface area contributed by atoms with Gasteiger partial charge in [0, 0.05) is 43.3 Å². The Kier molecular flexibility index (Phi) is 6.66. The molecule has 0 radical (unpaired) electrons. The number of hydrogen-bond acceptors (Lipinski definition) is 8. The van der Waals surface area contributed by atoms with Gasteiger partial charge >= 0.3 is 0 Å². The molecule has 3 heterocycles. The van der Waals surface area contributed by atoms with Gasteiger partial charge in [-0.05, 0) is 48.4 Å². The van der Waals surface area contributed by atoms with Crippen LogP contribution in [0, 0.1) is 13.8 Å². The number of halogens is 1. The van der Waals surface area contributed by atoms with Crippen molar-refractivity contribution in [3.8, 4) is 0 Å². The molecule has 1 fully saturated rings. The third-order valence-corrected chi connectivity index (χ3v) is 5.68. The van der Waals surface area contributed by atoms with Crippen LogP contribution in [0.25, 0.3) is 6.08 Å². The van der Waals surface area contributed by atoms with Crippen molar-refractivity contribution in [3.63, 3.8) is 0 Å². The average Bonchev–Trinajstić information content (AvgIpc) is 3.34. The predicted molar refractivity (Wildman–Crippen MR) is 122 cm³/mol. The molecule has 1 atom stereocenters. The summed E-state index contributed by atoms with van der Waals surface area (Å²) >= 11 is 6.23. The Hall–Kier alpha value is -3.04. The number of aromatic nitrogens is 6. The predicted octanol–water partition coefficient (Wildman–Crippen LogP) is 3.11. The van der Waals surface area contributed by atoms with Gasteiger partial charge < -0.3 is 9.42 Å². The van der Waals surface area contributed by atoms with Crippen molar-refractivity contribution in [2.24, 2.45) is 0 Å². The molecule has 0 aliphatic carbocycles. The molecule has 1 aliphatic heterocycles. The topological polar surface area (TPSA) is 89.0 Å². The highest BCUT2D eigenvalue weighted by Crippen LogP contribution is 2.21. The molecule has 1 aromatic carbocycles. The first-order valence-electron chi connectivity index (χ1n) is 10.6. The molecule has 9 nitrogen and oxygen atoms in total. The van der Waals surface area contributed by atoms with Crippen LogP contribution < -0.4 is 0 Å². The van der Waals surface area contributed by atoms with Crippen molar-refractivity contribution in [2.75, 3.05) is 19.6 Å². The van der Waals surface area contributed by atoms with E-state index in [-0.39, 0.29) is 0 Å². The number of rotatable bonds is 7. The molecule has 0 bridgehead atoms. The molecule has 10 heteroatoms. The van der Waals surface area contributed by atoms with Gasteiger partial charge in [0.2, 0.25) is 5.89 Å². The summed E-state index contributed by atoms with van der Waals surface area (Å²) in [4.78, 5) is 10.5. The highest BCUT2D eigenvalue weighted by atomic mass is 35.5. The van der Waals surface area contributed by atoms with Crippen LogP contribution in [0.4, 0.5) is 0 Å². The van der Waals surface area contributed by atoms with Crippen LogP contribution in [0.3, 0.4) is 0 Å². The van der Waals surface area contributed by atoms with Gasteiger partial charge in [0.1, 0.15) is 0 Å². The summed E-state index contributed by atoms with van der Waals surface area (Å²) in [6.07, 6.45) is 4.13. The first kappa shape index (κ1) is 22.2. The molecule has 1 aliphatic rings. The van der Waals surface area contributed by atoms with Crippen molar-refractivity contribution < 1.29 is 4.52 Å². The van der Waals surface area contributed by atoms with Crippen LogP contribution in [0.5, 0.6) is 0 Å². The van der Waals surface area contributed by atoms with E-state index >= 15 is 0 Å². The van der Waals surface area contributed by atoms with Crippen LogP contribution in [-0.4, -0.2) is 65.8 Å². The van der Waals surface area contributed by atoms with Crippen molar-refractivity contribution in [3.05, 3.63) is 70.2 Å². The number of aryl methyl sites for hydroxylation is 2. The number of tetrazole rings is 1. The van der Waals surface area contributed by atoms with Gasteiger partial charge in [0.25, 0.3) is 0 Å². The van der Waals surface area contributed by atoms with Crippen LogP contribution >= 0.6 is 11.6 Å². The van der Waals surface area contributed by atoms with Crippen LogP contribution in [0.15, 0.2) is 41.1 Å². The zero-order valence-corrected chi connectivity index (χ0v) is 19.3. The first-order valence-corrected chi connectivity index (χ1v) is 10.9. The molecule has 32 heavy (non-hydrogen) atoms. The summed E-state index contributed by atoms with van der Waals surface area (Å²) in [5.74, 6) is 1.97. The van der Waals surface area contributed by atoms with E-state index in [0.29, 0.717) is 35.9 Å². The quantitative estimate of drug-likeness (QED) is 0.503. The van der Waals surface area contributed by atoms with Crippen molar-refractivity contribution in [2.45, 2.75) is 39.9 Å². The van der Waals surface area contributed by atoms with Gasteiger partial charge in [-0.2, -0.15) is 9.78 Å². The van der Waals surface area contributed by atoms with Gasteiger partial charge in [-0.15, -0.1) is 10.2 Å². The van der Waals surface area contributed by atoms with Crippen molar-refractivity contribution in [1.82, 2.24) is 40.1 Å². The summed E-state index contributed by atoms with van der Waals surface area (Å²) in [6.45, 7) is 14.0. The summed E-state index contributed by atoms with van der Waals surface area (Å²) in [7, 11) is 0. The normalized spacial score (nSPS) is 17.4. The molecule has 0 unspecified atom stereocenters. The number of benzene rings is 1. The second-order valence-corrected chi connectivity index (χ2v) is 8.48. The van der Waals surface area contributed by atoms with E-state index in [1.165, 1.54) is 0 Å². The van der Waals surface area contributed by atoms with Gasteiger partial charge in [0.05, 0.1) is 13.1 Å².